The van der Waals surface area contributed by atoms with Gasteiger partial charge in [0.15, 0.2) is 0 Å². The minimum Gasteiger partial charge on any atom is -0.455 e. The van der Waals surface area contributed by atoms with Gasteiger partial charge in [0.25, 0.3) is 0 Å². The van der Waals surface area contributed by atoms with Crippen molar-refractivity contribution in [2.45, 2.75) is 6.42 Å². The molecule has 0 saturated carbocycles. The van der Waals surface area contributed by atoms with E-state index in [4.69, 9.17) is 4.42 Å². The molecule has 0 bridgehead atoms. The predicted octanol–water partition coefficient (Wildman–Crippen LogP) is 16.2. The van der Waals surface area contributed by atoms with Crippen LogP contribution in [-0.2, 0) is 0 Å². The number of fused-ring (bicyclic) bond motifs is 8. The van der Waals surface area contributed by atoms with Crippen LogP contribution in [0.2, 0.25) is 0 Å². The fraction of sp³-hybridized carbons (Fsp3) is 0.0175. The van der Waals surface area contributed by atoms with E-state index in [9.17, 15) is 0 Å². The van der Waals surface area contributed by atoms with E-state index in [1.807, 2.05) is 12.1 Å². The van der Waals surface area contributed by atoms with Crippen molar-refractivity contribution in [1.82, 2.24) is 4.57 Å². The SMILES string of the molecule is C1=CCC=CC(n2c3ccccc3c3cc(-c4ccc(N(c5ccc(-c6cccc7c6oc6ccccc67)cc5)c5cccc6ccccc56)c5ccccc45)ccc32)=C1. The molecule has 60 heavy (non-hydrogen) atoms. The topological polar surface area (TPSA) is 21.3 Å². The quantitative estimate of drug-likeness (QED) is 0.168. The Balaban J connectivity index is 1.03. The molecule has 282 valence electrons. The largest absolute Gasteiger partial charge is 0.455 e. The monoisotopic (exact) mass is 766 g/mol. The number of furan rings is 1. The first-order valence-electron chi connectivity index (χ1n) is 20.7. The van der Waals surface area contributed by atoms with E-state index in [2.05, 4.69) is 216 Å². The zero-order valence-corrected chi connectivity index (χ0v) is 32.8. The minimum atomic E-state index is 0.906. The molecule has 2 aromatic heterocycles. The Hall–Kier alpha value is -7.88. The van der Waals surface area contributed by atoms with E-state index in [0.29, 0.717) is 0 Å². The van der Waals surface area contributed by atoms with Crippen LogP contribution < -0.4 is 4.90 Å². The molecule has 9 aromatic carbocycles. The Labute approximate surface area is 347 Å². The van der Waals surface area contributed by atoms with Crippen molar-refractivity contribution in [2.75, 3.05) is 4.90 Å². The predicted molar refractivity (Wildman–Crippen MR) is 254 cm³/mol. The molecule has 0 radical (unpaired) electrons. The Kier molecular flexibility index (Phi) is 7.92. The standard InChI is InChI=1S/C57H38N2O/c1-2-4-18-41(17-3-1)58-53-26-11-9-22-48(53)51-37-40(31-35-55(51)58)43-34-36-54(47-21-8-7-20-46(43)47)59(52-27-13-16-38-15-5-6-19-44(38)52)42-32-29-39(30-33-42)45-24-14-25-50-49-23-10-12-28-56(49)60-57(45)50/h1,3-37H,2H2. The van der Waals surface area contributed by atoms with Gasteiger partial charge in [0.05, 0.1) is 22.4 Å². The molecule has 12 rings (SSSR count). The molecule has 2 heterocycles. The number of anilines is 3. The molecule has 0 unspecified atom stereocenters. The fourth-order valence-electron chi connectivity index (χ4n) is 9.44. The molecule has 0 aliphatic heterocycles. The maximum Gasteiger partial charge on any atom is 0.143 e. The number of nitrogens with zero attached hydrogens (tertiary/aromatic N) is 2. The van der Waals surface area contributed by atoms with Crippen LogP contribution in [0.1, 0.15) is 6.42 Å². The molecule has 3 nitrogen and oxygen atoms in total. The third kappa shape index (κ3) is 5.44. The number of aromatic nitrogens is 1. The second kappa shape index (κ2) is 13.9. The number of allylic oxidation sites excluding steroid dienone is 6. The highest BCUT2D eigenvalue weighted by Crippen LogP contribution is 2.46. The maximum atomic E-state index is 6.46. The van der Waals surface area contributed by atoms with Gasteiger partial charge < -0.3 is 13.9 Å². The van der Waals surface area contributed by atoms with Gasteiger partial charge in [0.1, 0.15) is 11.2 Å². The van der Waals surface area contributed by atoms with Gasteiger partial charge in [-0.2, -0.15) is 0 Å². The van der Waals surface area contributed by atoms with Crippen molar-refractivity contribution in [3.63, 3.8) is 0 Å². The van der Waals surface area contributed by atoms with Crippen molar-refractivity contribution in [3.05, 3.63) is 218 Å². The molecular weight excluding hydrogens is 729 g/mol. The van der Waals surface area contributed by atoms with Crippen LogP contribution in [0.3, 0.4) is 0 Å². The zero-order chi connectivity index (χ0) is 39.6. The number of para-hydroxylation sites is 3. The molecule has 0 amide bonds. The number of hydrogen-bond acceptors (Lipinski definition) is 2. The summed E-state index contributed by atoms with van der Waals surface area (Å²) in [6.07, 6.45) is 12.0. The fourth-order valence-corrected chi connectivity index (χ4v) is 9.44. The second-order valence-corrected chi connectivity index (χ2v) is 15.6. The lowest BCUT2D eigenvalue weighted by Crippen LogP contribution is -2.11. The van der Waals surface area contributed by atoms with Gasteiger partial charge in [0, 0.05) is 49.3 Å². The second-order valence-electron chi connectivity index (χ2n) is 15.6. The van der Waals surface area contributed by atoms with Crippen molar-refractivity contribution in [2.24, 2.45) is 0 Å². The maximum absolute atomic E-state index is 6.46. The summed E-state index contributed by atoms with van der Waals surface area (Å²) in [6.45, 7) is 0. The van der Waals surface area contributed by atoms with E-state index >= 15 is 0 Å². The first kappa shape index (κ1) is 34.2. The summed E-state index contributed by atoms with van der Waals surface area (Å²) in [7, 11) is 0. The van der Waals surface area contributed by atoms with Crippen LogP contribution in [0.5, 0.6) is 0 Å². The van der Waals surface area contributed by atoms with Gasteiger partial charge in [-0.05, 0) is 94.6 Å². The highest BCUT2D eigenvalue weighted by molar-refractivity contribution is 6.14. The summed E-state index contributed by atoms with van der Waals surface area (Å²) < 4.78 is 8.85. The summed E-state index contributed by atoms with van der Waals surface area (Å²) in [6, 6.07) is 68.2. The van der Waals surface area contributed by atoms with E-state index in [1.165, 1.54) is 60.2 Å². The van der Waals surface area contributed by atoms with Gasteiger partial charge in [-0.25, -0.2) is 0 Å². The van der Waals surface area contributed by atoms with Crippen molar-refractivity contribution in [1.29, 1.82) is 0 Å². The van der Waals surface area contributed by atoms with Gasteiger partial charge in [-0.15, -0.1) is 0 Å². The summed E-state index contributed by atoms with van der Waals surface area (Å²) in [4.78, 5) is 2.43. The molecule has 0 fully saturated rings. The van der Waals surface area contributed by atoms with E-state index < -0.39 is 0 Å². The molecule has 11 aromatic rings. The Morgan fingerprint density at radius 1 is 0.450 bits per heavy atom. The third-order valence-corrected chi connectivity index (χ3v) is 12.2. The molecule has 0 N–H and O–H groups in total. The summed E-state index contributed by atoms with van der Waals surface area (Å²) in [5.74, 6) is 0. The van der Waals surface area contributed by atoms with Crippen molar-refractivity contribution >= 4 is 88.0 Å². The highest BCUT2D eigenvalue weighted by atomic mass is 16.3. The van der Waals surface area contributed by atoms with Crippen LogP contribution in [-0.4, -0.2) is 4.57 Å². The Morgan fingerprint density at radius 2 is 1.13 bits per heavy atom. The molecule has 0 spiro atoms. The van der Waals surface area contributed by atoms with Gasteiger partial charge in [-0.3, -0.25) is 0 Å². The molecular formula is C57H38N2O. The Bertz CT molecular complexity index is 3570. The van der Waals surface area contributed by atoms with E-state index in [1.54, 1.807) is 0 Å². The van der Waals surface area contributed by atoms with Crippen molar-refractivity contribution in [3.8, 4) is 22.3 Å². The Morgan fingerprint density at radius 3 is 2.03 bits per heavy atom. The third-order valence-electron chi connectivity index (χ3n) is 12.2. The van der Waals surface area contributed by atoms with Crippen LogP contribution >= 0.6 is 0 Å². The first-order valence-corrected chi connectivity index (χ1v) is 20.7. The summed E-state index contributed by atoms with van der Waals surface area (Å²) in [5, 5.41) is 9.55. The lowest BCUT2D eigenvalue weighted by molar-refractivity contribution is 0.670. The van der Waals surface area contributed by atoms with Crippen LogP contribution in [0.4, 0.5) is 17.1 Å². The van der Waals surface area contributed by atoms with E-state index in [-0.39, 0.29) is 0 Å². The molecule has 0 saturated heterocycles. The van der Waals surface area contributed by atoms with Gasteiger partial charge in [0.2, 0.25) is 0 Å². The minimum absolute atomic E-state index is 0.906. The van der Waals surface area contributed by atoms with Gasteiger partial charge in [-0.1, -0.05) is 158 Å². The summed E-state index contributed by atoms with van der Waals surface area (Å²) in [5.41, 5.74) is 13.3. The number of rotatable bonds is 6. The molecule has 1 aliphatic carbocycles. The van der Waals surface area contributed by atoms with Crippen LogP contribution in [0, 0.1) is 0 Å². The zero-order valence-electron chi connectivity index (χ0n) is 32.8. The highest BCUT2D eigenvalue weighted by Gasteiger charge is 2.21. The molecule has 0 atom stereocenters. The smallest absolute Gasteiger partial charge is 0.143 e. The van der Waals surface area contributed by atoms with Crippen LogP contribution in [0.25, 0.3) is 93.2 Å². The molecule has 3 heteroatoms. The first-order chi connectivity index (χ1) is 29.8. The summed E-state index contributed by atoms with van der Waals surface area (Å²) >= 11 is 0. The normalized spacial score (nSPS) is 12.9. The molecule has 1 aliphatic rings. The van der Waals surface area contributed by atoms with Crippen molar-refractivity contribution < 1.29 is 4.42 Å². The average molecular weight is 767 g/mol. The lowest BCUT2D eigenvalue weighted by atomic mass is 9.95. The lowest BCUT2D eigenvalue weighted by Gasteiger charge is -2.29. The number of benzene rings is 9. The van der Waals surface area contributed by atoms with E-state index in [0.717, 1.165) is 56.5 Å². The average Bonchev–Trinajstić information content (AvgIpc) is 3.72. The van der Waals surface area contributed by atoms with Crippen LogP contribution in [0.15, 0.2) is 223 Å². The van der Waals surface area contributed by atoms with Gasteiger partial charge >= 0.3 is 0 Å². The number of hydrogen-bond donors (Lipinski definition) is 0.